The molecule has 234 valence electrons. The van der Waals surface area contributed by atoms with Gasteiger partial charge in [0.15, 0.2) is 0 Å². The van der Waals surface area contributed by atoms with Crippen molar-refractivity contribution >= 4 is 23.2 Å². The number of fused-ring (bicyclic) bond motifs is 1. The molecule has 2 aromatic carbocycles. The van der Waals surface area contributed by atoms with Crippen LogP contribution in [-0.4, -0.2) is 46.4 Å². The highest BCUT2D eigenvalue weighted by atomic mass is 35.5. The minimum absolute atomic E-state index is 0.133. The summed E-state index contributed by atoms with van der Waals surface area (Å²) in [6, 6.07) is 14.1. The fraction of sp³-hybridized carbons (Fsp3) is 0.353. The molecule has 10 nitrogen and oxygen atoms in total. The van der Waals surface area contributed by atoms with Gasteiger partial charge in [0.05, 0.1) is 17.8 Å². The molecule has 2 N–H and O–H groups in total. The number of rotatable bonds is 7. The molecule has 1 atom stereocenters. The maximum absolute atomic E-state index is 13.1. The number of ether oxygens (including phenoxy) is 2. The van der Waals surface area contributed by atoms with Crippen LogP contribution in [-0.2, 0) is 25.3 Å². The van der Waals surface area contributed by atoms with Crippen LogP contribution in [0.4, 0.5) is 5.69 Å². The summed E-state index contributed by atoms with van der Waals surface area (Å²) in [6.45, 7) is 3.45. The van der Waals surface area contributed by atoms with Crippen molar-refractivity contribution in [1.82, 2.24) is 19.4 Å². The summed E-state index contributed by atoms with van der Waals surface area (Å²) >= 11 is 7.11. The summed E-state index contributed by atoms with van der Waals surface area (Å²) in [5.74, 6) is 0.00169. The van der Waals surface area contributed by atoms with E-state index in [9.17, 15) is 14.4 Å². The van der Waals surface area contributed by atoms with Crippen molar-refractivity contribution in [1.29, 1.82) is 0 Å². The SMILES string of the molecule is COc1nc(-c2cccc(-c3cccc(NC(=O)c4cn(C)c(=O)n(C)c4=O)c3C)c2Cl)cc2c1[C@@H](NC1CCOCC1)CC2. The number of aromatic nitrogens is 3. The molecule has 0 bridgehead atoms. The largest absolute Gasteiger partial charge is 0.481 e. The Bertz CT molecular complexity index is 1910. The van der Waals surface area contributed by atoms with Gasteiger partial charge in [-0.15, -0.1) is 0 Å². The number of halogens is 1. The highest BCUT2D eigenvalue weighted by Crippen LogP contribution is 2.43. The van der Waals surface area contributed by atoms with E-state index in [1.54, 1.807) is 13.2 Å². The topological polar surface area (TPSA) is 116 Å². The predicted molar refractivity (Wildman–Crippen MR) is 174 cm³/mol. The van der Waals surface area contributed by atoms with Crippen molar-refractivity contribution in [3.8, 4) is 28.3 Å². The molecule has 2 aromatic heterocycles. The average molecular weight is 630 g/mol. The van der Waals surface area contributed by atoms with Crippen LogP contribution < -0.4 is 26.6 Å². The van der Waals surface area contributed by atoms with Crippen LogP contribution in [0, 0.1) is 6.92 Å². The normalized spacial score (nSPS) is 16.4. The van der Waals surface area contributed by atoms with Gasteiger partial charge in [-0.1, -0.05) is 41.9 Å². The number of aryl methyl sites for hydroxylation is 2. The Kier molecular flexibility index (Phi) is 8.63. The van der Waals surface area contributed by atoms with Crippen molar-refractivity contribution in [2.75, 3.05) is 25.6 Å². The summed E-state index contributed by atoms with van der Waals surface area (Å²) < 4.78 is 13.5. The van der Waals surface area contributed by atoms with Crippen molar-refractivity contribution in [2.24, 2.45) is 14.1 Å². The van der Waals surface area contributed by atoms with Crippen LogP contribution in [0.1, 0.15) is 52.4 Å². The Morgan fingerprint density at radius 2 is 1.76 bits per heavy atom. The third-order valence-electron chi connectivity index (χ3n) is 8.85. The molecule has 6 rings (SSSR count). The molecule has 0 saturated carbocycles. The first-order valence-corrected chi connectivity index (χ1v) is 15.4. The Labute approximate surface area is 266 Å². The number of methoxy groups -OCH3 is 1. The number of hydrogen-bond acceptors (Lipinski definition) is 7. The second-order valence-corrected chi connectivity index (χ2v) is 12.0. The molecular weight excluding hydrogens is 594 g/mol. The molecule has 0 unspecified atom stereocenters. The molecule has 2 aliphatic rings. The molecule has 45 heavy (non-hydrogen) atoms. The average Bonchev–Trinajstić information content (AvgIpc) is 3.45. The molecule has 1 aliphatic carbocycles. The van der Waals surface area contributed by atoms with Crippen molar-refractivity contribution in [3.05, 3.63) is 96.8 Å². The molecule has 3 heterocycles. The van der Waals surface area contributed by atoms with Gasteiger partial charge in [-0.05, 0) is 61.4 Å². The second-order valence-electron chi connectivity index (χ2n) is 11.6. The smallest absolute Gasteiger partial charge is 0.330 e. The third-order valence-corrected chi connectivity index (χ3v) is 9.26. The van der Waals surface area contributed by atoms with Gasteiger partial charge < -0.3 is 24.7 Å². The first-order chi connectivity index (χ1) is 21.7. The van der Waals surface area contributed by atoms with Gasteiger partial charge in [-0.2, -0.15) is 0 Å². The van der Waals surface area contributed by atoms with Crippen LogP contribution in [0.3, 0.4) is 0 Å². The number of carbonyl (C=O) groups excluding carboxylic acids is 1. The number of carbonyl (C=O) groups is 1. The first kappa shape index (κ1) is 30.8. The Morgan fingerprint density at radius 1 is 1.04 bits per heavy atom. The van der Waals surface area contributed by atoms with Gasteiger partial charge in [0.25, 0.3) is 11.5 Å². The van der Waals surface area contributed by atoms with E-state index < -0.39 is 17.2 Å². The maximum atomic E-state index is 13.1. The van der Waals surface area contributed by atoms with E-state index in [1.165, 1.54) is 30.4 Å². The summed E-state index contributed by atoms with van der Waals surface area (Å²) in [6.07, 6.45) is 5.14. The number of nitrogens with zero attached hydrogens (tertiary/aromatic N) is 3. The molecule has 1 saturated heterocycles. The number of anilines is 1. The number of nitrogens with one attached hydrogen (secondary N) is 2. The monoisotopic (exact) mass is 629 g/mol. The van der Waals surface area contributed by atoms with Crippen molar-refractivity contribution < 1.29 is 14.3 Å². The van der Waals surface area contributed by atoms with E-state index in [1.807, 2.05) is 37.3 Å². The number of pyridine rings is 1. The van der Waals surface area contributed by atoms with Gasteiger partial charge in [0.1, 0.15) is 5.56 Å². The van der Waals surface area contributed by atoms with Gasteiger partial charge in [-0.3, -0.25) is 14.2 Å². The van der Waals surface area contributed by atoms with Crippen molar-refractivity contribution in [2.45, 2.75) is 44.7 Å². The highest BCUT2D eigenvalue weighted by Gasteiger charge is 2.31. The standard InChI is InChI=1S/C34H36ClN5O5/c1-19-22(7-6-10-26(19)37-31(41)25-18-39(2)34(43)40(3)33(25)42)23-8-5-9-24(30(23)35)28-17-20-11-12-27(29(20)32(38-28)44-4)36-21-13-15-45-16-14-21/h5-10,17-18,21,27,36H,11-16H2,1-4H3,(H,37,41)/t27-/m0/s1. The fourth-order valence-electron chi connectivity index (χ4n) is 6.37. The third kappa shape index (κ3) is 5.81. The zero-order valence-electron chi connectivity index (χ0n) is 25.8. The minimum Gasteiger partial charge on any atom is -0.481 e. The van der Waals surface area contributed by atoms with Crippen LogP contribution in [0.5, 0.6) is 5.88 Å². The minimum atomic E-state index is -0.664. The van der Waals surface area contributed by atoms with E-state index in [0.717, 1.165) is 77.0 Å². The van der Waals surface area contributed by atoms with Gasteiger partial charge in [0.2, 0.25) is 5.88 Å². The van der Waals surface area contributed by atoms with E-state index in [2.05, 4.69) is 16.7 Å². The Morgan fingerprint density at radius 3 is 2.51 bits per heavy atom. The molecule has 0 radical (unpaired) electrons. The Hall–Kier alpha value is -4.25. The molecule has 1 fully saturated rings. The summed E-state index contributed by atoms with van der Waals surface area (Å²) in [5, 5.41) is 7.18. The second kappa shape index (κ2) is 12.6. The zero-order valence-corrected chi connectivity index (χ0v) is 26.5. The van der Waals surface area contributed by atoms with Gasteiger partial charge >= 0.3 is 5.69 Å². The maximum Gasteiger partial charge on any atom is 0.330 e. The number of hydrogen-bond donors (Lipinski definition) is 2. The predicted octanol–water partition coefficient (Wildman–Crippen LogP) is 4.79. The van der Waals surface area contributed by atoms with Gasteiger partial charge in [0, 0.05) is 68.0 Å². The molecule has 4 aromatic rings. The molecule has 1 aliphatic heterocycles. The van der Waals surface area contributed by atoms with Gasteiger partial charge in [-0.25, -0.2) is 9.78 Å². The number of amides is 1. The lowest BCUT2D eigenvalue weighted by atomic mass is 9.96. The first-order valence-electron chi connectivity index (χ1n) is 15.1. The molecular formula is C34H36ClN5O5. The van der Waals surface area contributed by atoms with Crippen LogP contribution >= 0.6 is 11.6 Å². The van der Waals surface area contributed by atoms with Crippen LogP contribution in [0.2, 0.25) is 5.02 Å². The Balaban J connectivity index is 1.32. The molecule has 0 spiro atoms. The zero-order chi connectivity index (χ0) is 31.8. The highest BCUT2D eigenvalue weighted by molar-refractivity contribution is 6.36. The fourth-order valence-corrected chi connectivity index (χ4v) is 6.69. The van der Waals surface area contributed by atoms with Crippen LogP contribution in [0.15, 0.2) is 58.3 Å². The van der Waals surface area contributed by atoms with Crippen molar-refractivity contribution in [3.63, 3.8) is 0 Å². The van der Waals surface area contributed by atoms with E-state index in [0.29, 0.717) is 22.6 Å². The molecule has 11 heteroatoms. The lowest BCUT2D eigenvalue weighted by Gasteiger charge is -2.27. The summed E-state index contributed by atoms with van der Waals surface area (Å²) in [4.78, 5) is 42.8. The number of benzene rings is 2. The lowest BCUT2D eigenvalue weighted by molar-refractivity contribution is 0.0747. The summed E-state index contributed by atoms with van der Waals surface area (Å²) in [5.41, 5.74) is 5.42. The van der Waals surface area contributed by atoms with Crippen LogP contribution in [0.25, 0.3) is 22.4 Å². The quantitative estimate of drug-likeness (QED) is 0.302. The van der Waals surface area contributed by atoms with E-state index in [-0.39, 0.29) is 11.6 Å². The molecule has 1 amide bonds. The van der Waals surface area contributed by atoms with E-state index in [4.69, 9.17) is 26.1 Å². The lowest BCUT2D eigenvalue weighted by Crippen LogP contribution is -2.40. The van der Waals surface area contributed by atoms with E-state index >= 15 is 0 Å². The summed E-state index contributed by atoms with van der Waals surface area (Å²) in [7, 11) is 4.49.